The number of sulfone groups is 1. The van der Waals surface area contributed by atoms with Crippen LogP contribution < -0.4 is 5.73 Å². The molecule has 17 heavy (non-hydrogen) atoms. The summed E-state index contributed by atoms with van der Waals surface area (Å²) in [5.74, 6) is -1.17. The number of primary amides is 1. The number of nitriles is 1. The van der Waals surface area contributed by atoms with Gasteiger partial charge in [-0.05, 0) is 24.6 Å². The van der Waals surface area contributed by atoms with Crippen LogP contribution in [-0.2, 0) is 20.4 Å². The molecule has 1 rings (SSSR count). The fraction of sp³-hybridized carbons (Fsp3) is 0.273. The Labute approximate surface area is 99.8 Å². The molecule has 6 heteroatoms. The van der Waals surface area contributed by atoms with E-state index in [4.69, 9.17) is 11.0 Å². The number of hydrogen-bond donors (Lipinski definition) is 1. The number of carbonyl (C=O) groups excluding carboxylic acids is 1. The van der Waals surface area contributed by atoms with Crippen LogP contribution in [0.5, 0.6) is 0 Å². The second kappa shape index (κ2) is 4.97. The molecule has 1 aromatic rings. The van der Waals surface area contributed by atoms with E-state index >= 15 is 0 Å². The molecule has 0 spiro atoms. The Hall–Kier alpha value is -1.87. The molecule has 0 aliphatic carbocycles. The minimum Gasteiger partial charge on any atom is -0.369 e. The molecule has 0 aromatic heterocycles. The number of carbonyl (C=O) groups is 1. The van der Waals surface area contributed by atoms with Gasteiger partial charge < -0.3 is 5.73 Å². The number of hydrogen-bond acceptors (Lipinski definition) is 4. The first-order valence-electron chi connectivity index (χ1n) is 4.87. The molecular weight excluding hydrogens is 240 g/mol. The van der Waals surface area contributed by atoms with Gasteiger partial charge in [0.1, 0.15) is 5.25 Å². The van der Waals surface area contributed by atoms with Gasteiger partial charge in [0.15, 0.2) is 9.84 Å². The molecule has 0 aliphatic heterocycles. The van der Waals surface area contributed by atoms with Crippen molar-refractivity contribution in [2.75, 3.05) is 0 Å². The Bertz CT molecular complexity index is 573. The summed E-state index contributed by atoms with van der Waals surface area (Å²) >= 11 is 0. The van der Waals surface area contributed by atoms with Crippen LogP contribution in [0.1, 0.15) is 18.1 Å². The second-order valence-electron chi connectivity index (χ2n) is 3.66. The van der Waals surface area contributed by atoms with Crippen molar-refractivity contribution >= 4 is 15.7 Å². The molecule has 2 N–H and O–H groups in total. The van der Waals surface area contributed by atoms with Gasteiger partial charge in [-0.3, -0.25) is 4.79 Å². The summed E-state index contributed by atoms with van der Waals surface area (Å²) < 4.78 is 23.5. The predicted molar refractivity (Wildman–Crippen MR) is 62.4 cm³/mol. The lowest BCUT2D eigenvalue weighted by Gasteiger charge is -2.09. The van der Waals surface area contributed by atoms with Crippen molar-refractivity contribution < 1.29 is 13.2 Å². The Morgan fingerprint density at radius 1 is 1.53 bits per heavy atom. The lowest BCUT2D eigenvalue weighted by atomic mass is 10.2. The highest BCUT2D eigenvalue weighted by Crippen LogP contribution is 2.12. The Morgan fingerprint density at radius 2 is 2.18 bits per heavy atom. The first-order chi connectivity index (χ1) is 7.86. The largest absolute Gasteiger partial charge is 0.369 e. The van der Waals surface area contributed by atoms with Gasteiger partial charge in [0.25, 0.3) is 0 Å². The van der Waals surface area contributed by atoms with Crippen LogP contribution in [-0.4, -0.2) is 19.6 Å². The fourth-order valence-corrected chi connectivity index (χ4v) is 2.51. The molecular formula is C11H12N2O3S. The van der Waals surface area contributed by atoms with E-state index in [0.717, 1.165) is 0 Å². The minimum absolute atomic E-state index is 0.299. The van der Waals surface area contributed by atoms with E-state index in [1.165, 1.54) is 13.0 Å². The smallest absolute Gasteiger partial charge is 0.235 e. The van der Waals surface area contributed by atoms with Crippen LogP contribution in [0, 0.1) is 11.3 Å². The number of benzene rings is 1. The molecule has 5 nitrogen and oxygen atoms in total. The SMILES string of the molecule is CC(C(N)=O)S(=O)(=O)Cc1cccc(C#N)c1. The molecule has 0 bridgehead atoms. The topological polar surface area (TPSA) is 101 Å². The van der Waals surface area contributed by atoms with E-state index in [2.05, 4.69) is 0 Å². The lowest BCUT2D eigenvalue weighted by molar-refractivity contribution is -0.117. The van der Waals surface area contributed by atoms with Crippen LogP contribution in [0.15, 0.2) is 24.3 Å². The zero-order chi connectivity index (χ0) is 13.1. The van der Waals surface area contributed by atoms with Crippen molar-refractivity contribution in [3.05, 3.63) is 35.4 Å². The third-order valence-electron chi connectivity index (χ3n) is 2.36. The van der Waals surface area contributed by atoms with Gasteiger partial charge in [0.05, 0.1) is 17.4 Å². The van der Waals surface area contributed by atoms with Gasteiger partial charge in [-0.1, -0.05) is 12.1 Å². The summed E-state index contributed by atoms with van der Waals surface area (Å²) in [6.07, 6.45) is 0. The van der Waals surface area contributed by atoms with Gasteiger partial charge in [0, 0.05) is 0 Å². The van der Waals surface area contributed by atoms with Crippen molar-refractivity contribution in [1.82, 2.24) is 0 Å². The summed E-state index contributed by atoms with van der Waals surface area (Å²) in [5, 5.41) is 7.46. The zero-order valence-corrected chi connectivity index (χ0v) is 10.1. The molecule has 0 radical (unpaired) electrons. The number of amides is 1. The fourth-order valence-electron chi connectivity index (χ4n) is 1.26. The minimum atomic E-state index is -3.62. The maximum Gasteiger partial charge on any atom is 0.235 e. The molecule has 1 amide bonds. The van der Waals surface area contributed by atoms with Crippen molar-refractivity contribution in [2.24, 2.45) is 5.73 Å². The third kappa shape index (κ3) is 3.29. The van der Waals surface area contributed by atoms with E-state index in [-0.39, 0.29) is 5.75 Å². The van der Waals surface area contributed by atoms with Crippen molar-refractivity contribution in [3.63, 3.8) is 0 Å². The molecule has 0 saturated carbocycles. The monoisotopic (exact) mass is 252 g/mol. The first kappa shape index (κ1) is 13.2. The van der Waals surface area contributed by atoms with Crippen LogP contribution in [0.3, 0.4) is 0 Å². The Morgan fingerprint density at radius 3 is 2.71 bits per heavy atom. The molecule has 0 aliphatic rings. The second-order valence-corrected chi connectivity index (χ2v) is 5.99. The van der Waals surface area contributed by atoms with Crippen LogP contribution in [0.25, 0.3) is 0 Å². The van der Waals surface area contributed by atoms with E-state index in [0.29, 0.717) is 11.1 Å². The van der Waals surface area contributed by atoms with Gasteiger partial charge in [-0.2, -0.15) is 5.26 Å². The summed E-state index contributed by atoms with van der Waals surface area (Å²) in [6.45, 7) is 1.26. The number of nitrogens with two attached hydrogens (primary N) is 1. The quantitative estimate of drug-likeness (QED) is 0.835. The average Bonchev–Trinajstić information content (AvgIpc) is 2.27. The number of rotatable bonds is 4. The molecule has 0 heterocycles. The first-order valence-corrected chi connectivity index (χ1v) is 6.58. The molecule has 0 fully saturated rings. The molecule has 90 valence electrons. The van der Waals surface area contributed by atoms with E-state index in [1.54, 1.807) is 18.2 Å². The summed E-state index contributed by atoms with van der Waals surface area (Å²) in [6, 6.07) is 8.16. The van der Waals surface area contributed by atoms with E-state index in [1.807, 2.05) is 6.07 Å². The highest BCUT2D eigenvalue weighted by Gasteiger charge is 2.26. The van der Waals surface area contributed by atoms with E-state index in [9.17, 15) is 13.2 Å². The molecule has 0 saturated heterocycles. The zero-order valence-electron chi connectivity index (χ0n) is 9.25. The highest BCUT2D eigenvalue weighted by atomic mass is 32.2. The van der Waals surface area contributed by atoms with Gasteiger partial charge in [-0.25, -0.2) is 8.42 Å². The summed E-state index contributed by atoms with van der Waals surface area (Å²) in [5.41, 5.74) is 5.81. The van der Waals surface area contributed by atoms with E-state index < -0.39 is 21.0 Å². The standard InChI is InChI=1S/C11H12N2O3S/c1-8(11(13)14)17(15,16)7-10-4-2-3-9(5-10)6-12/h2-5,8H,7H2,1H3,(H2,13,14). The lowest BCUT2D eigenvalue weighted by Crippen LogP contribution is -2.34. The van der Waals surface area contributed by atoms with Crippen LogP contribution in [0.2, 0.25) is 0 Å². The summed E-state index contributed by atoms with van der Waals surface area (Å²) in [7, 11) is -3.62. The normalized spacial score (nSPS) is 12.7. The Balaban J connectivity index is 2.99. The third-order valence-corrected chi connectivity index (χ3v) is 4.41. The van der Waals surface area contributed by atoms with Crippen molar-refractivity contribution in [2.45, 2.75) is 17.9 Å². The molecule has 1 aromatic carbocycles. The predicted octanol–water partition coefficient (Wildman–Crippen LogP) is 0.347. The van der Waals surface area contributed by atoms with Gasteiger partial charge in [-0.15, -0.1) is 0 Å². The van der Waals surface area contributed by atoms with Gasteiger partial charge in [0.2, 0.25) is 5.91 Å². The maximum absolute atomic E-state index is 11.8. The maximum atomic E-state index is 11.8. The van der Waals surface area contributed by atoms with Crippen LogP contribution >= 0.6 is 0 Å². The summed E-state index contributed by atoms with van der Waals surface area (Å²) in [4.78, 5) is 10.8. The van der Waals surface area contributed by atoms with Crippen molar-refractivity contribution in [3.8, 4) is 6.07 Å². The molecule has 1 unspecified atom stereocenters. The Kier molecular flexibility index (Phi) is 3.86. The van der Waals surface area contributed by atoms with Crippen LogP contribution in [0.4, 0.5) is 0 Å². The average molecular weight is 252 g/mol. The van der Waals surface area contributed by atoms with Gasteiger partial charge >= 0.3 is 0 Å². The van der Waals surface area contributed by atoms with Crippen molar-refractivity contribution in [1.29, 1.82) is 5.26 Å². The molecule has 1 atom stereocenters. The highest BCUT2D eigenvalue weighted by molar-refractivity contribution is 7.92. The number of nitrogens with zero attached hydrogens (tertiary/aromatic N) is 1.